The minimum Gasteiger partial charge on any atom is -0.409 e. The number of anilines is 1. The van der Waals surface area contributed by atoms with Gasteiger partial charge in [-0.1, -0.05) is 31.8 Å². The molecule has 0 aliphatic heterocycles. The second kappa shape index (κ2) is 8.24. The maximum Gasteiger partial charge on any atom is 0.227 e. The van der Waals surface area contributed by atoms with Gasteiger partial charge in [0.25, 0.3) is 0 Å². The summed E-state index contributed by atoms with van der Waals surface area (Å²) in [5.41, 5.74) is 6.02. The molecule has 21 heavy (non-hydrogen) atoms. The number of hydrogen-bond donors (Lipinski definition) is 3. The molecule has 0 spiro atoms. The lowest BCUT2D eigenvalue weighted by Crippen LogP contribution is -2.25. The van der Waals surface area contributed by atoms with E-state index in [4.69, 9.17) is 10.9 Å². The molecule has 0 saturated carbocycles. The number of oxime groups is 1. The van der Waals surface area contributed by atoms with Crippen LogP contribution in [0.15, 0.2) is 23.4 Å². The number of carbonyl (C=O) groups excluding carboxylic acids is 1. The molecule has 116 valence electrons. The molecular weight excluding hydrogens is 273 g/mol. The molecule has 0 aromatic heterocycles. The van der Waals surface area contributed by atoms with E-state index >= 15 is 0 Å². The molecule has 0 unspecified atom stereocenters. The van der Waals surface area contributed by atoms with Gasteiger partial charge in [0.2, 0.25) is 5.91 Å². The highest BCUT2D eigenvalue weighted by Crippen LogP contribution is 2.21. The van der Waals surface area contributed by atoms with Crippen molar-refractivity contribution in [2.24, 2.45) is 16.8 Å². The van der Waals surface area contributed by atoms with E-state index in [1.807, 2.05) is 13.8 Å². The summed E-state index contributed by atoms with van der Waals surface area (Å²) >= 11 is 0. The predicted molar refractivity (Wildman–Crippen MR) is 80.8 cm³/mol. The quantitative estimate of drug-likeness (QED) is 0.312. The van der Waals surface area contributed by atoms with E-state index in [1.54, 1.807) is 0 Å². The van der Waals surface area contributed by atoms with Crippen molar-refractivity contribution in [3.8, 4) is 0 Å². The van der Waals surface area contributed by atoms with Crippen LogP contribution in [0, 0.1) is 11.7 Å². The number of amidine groups is 1. The van der Waals surface area contributed by atoms with Crippen LogP contribution in [0.5, 0.6) is 0 Å². The number of nitrogens with two attached hydrogens (primary N) is 1. The molecule has 4 N–H and O–H groups in total. The molecule has 0 bridgehead atoms. The van der Waals surface area contributed by atoms with Crippen LogP contribution in [0.25, 0.3) is 0 Å². The Bertz CT molecular complexity index is 512. The summed E-state index contributed by atoms with van der Waals surface area (Å²) in [5.74, 6) is -0.983. The average Bonchev–Trinajstić information content (AvgIpc) is 2.48. The highest BCUT2D eigenvalue weighted by atomic mass is 19.1. The van der Waals surface area contributed by atoms with E-state index in [1.165, 1.54) is 12.1 Å². The lowest BCUT2D eigenvalue weighted by Gasteiger charge is -2.17. The number of carbonyl (C=O) groups is 1. The van der Waals surface area contributed by atoms with Gasteiger partial charge in [-0.3, -0.25) is 4.79 Å². The van der Waals surface area contributed by atoms with Crippen LogP contribution < -0.4 is 11.1 Å². The molecule has 1 amide bonds. The average molecular weight is 295 g/mol. The van der Waals surface area contributed by atoms with E-state index in [0.29, 0.717) is 5.69 Å². The first-order valence-electron chi connectivity index (χ1n) is 7.11. The van der Waals surface area contributed by atoms with Crippen LogP contribution in [0.4, 0.5) is 10.1 Å². The first-order valence-corrected chi connectivity index (χ1v) is 7.11. The highest BCUT2D eigenvalue weighted by Gasteiger charge is 2.19. The molecular formula is C15H22FN3O2. The van der Waals surface area contributed by atoms with Crippen molar-refractivity contribution in [1.82, 2.24) is 0 Å². The van der Waals surface area contributed by atoms with E-state index in [-0.39, 0.29) is 23.2 Å². The predicted octanol–water partition coefficient (Wildman–Crippen LogP) is 3.08. The van der Waals surface area contributed by atoms with Crippen LogP contribution in [0.2, 0.25) is 0 Å². The smallest absolute Gasteiger partial charge is 0.227 e. The van der Waals surface area contributed by atoms with Crippen LogP contribution in [0.1, 0.15) is 45.1 Å². The summed E-state index contributed by atoms with van der Waals surface area (Å²) in [6.07, 6.45) is 3.41. The number of halogens is 1. The van der Waals surface area contributed by atoms with Gasteiger partial charge < -0.3 is 16.3 Å². The van der Waals surface area contributed by atoms with Crippen molar-refractivity contribution >= 4 is 17.4 Å². The summed E-state index contributed by atoms with van der Waals surface area (Å²) < 4.78 is 13.3. The second-order valence-electron chi connectivity index (χ2n) is 4.94. The summed E-state index contributed by atoms with van der Waals surface area (Å²) in [7, 11) is 0. The largest absolute Gasteiger partial charge is 0.409 e. The minimum atomic E-state index is -0.520. The van der Waals surface area contributed by atoms with Gasteiger partial charge in [0.15, 0.2) is 5.84 Å². The number of nitrogens with one attached hydrogen (secondary N) is 1. The maximum atomic E-state index is 13.3. The lowest BCUT2D eigenvalue weighted by molar-refractivity contribution is -0.120. The van der Waals surface area contributed by atoms with Crippen molar-refractivity contribution in [3.63, 3.8) is 0 Å². The normalized spacial score (nSPS) is 11.7. The Morgan fingerprint density at radius 2 is 2.00 bits per heavy atom. The van der Waals surface area contributed by atoms with Crippen LogP contribution in [0.3, 0.4) is 0 Å². The zero-order valence-electron chi connectivity index (χ0n) is 12.4. The molecule has 0 aliphatic rings. The van der Waals surface area contributed by atoms with Gasteiger partial charge in [0.05, 0.1) is 5.69 Å². The molecule has 0 heterocycles. The Morgan fingerprint density at radius 1 is 1.38 bits per heavy atom. The van der Waals surface area contributed by atoms with Gasteiger partial charge in [0.1, 0.15) is 5.82 Å². The maximum absolute atomic E-state index is 13.3. The second-order valence-corrected chi connectivity index (χ2v) is 4.94. The van der Waals surface area contributed by atoms with Crippen molar-refractivity contribution in [1.29, 1.82) is 0 Å². The van der Waals surface area contributed by atoms with Gasteiger partial charge in [-0.25, -0.2) is 4.39 Å². The van der Waals surface area contributed by atoms with Crippen molar-refractivity contribution in [3.05, 3.63) is 29.6 Å². The van der Waals surface area contributed by atoms with Gasteiger partial charge in [0, 0.05) is 11.5 Å². The summed E-state index contributed by atoms with van der Waals surface area (Å²) in [6.45, 7) is 4.05. The monoisotopic (exact) mass is 295 g/mol. The number of amides is 1. The standard InChI is InChI=1S/C15H22FN3O2/c1-3-5-10(6-4-2)15(20)18-13-8-7-11(16)9-12(13)14(17)19-21/h7-10,21H,3-6H2,1-2H3,(H2,17,19)(H,18,20). The van der Waals surface area contributed by atoms with E-state index in [0.717, 1.165) is 31.7 Å². The minimum absolute atomic E-state index is 0.0924. The fourth-order valence-corrected chi connectivity index (χ4v) is 2.23. The molecule has 0 aliphatic carbocycles. The zero-order chi connectivity index (χ0) is 15.8. The fraction of sp³-hybridized carbons (Fsp3) is 0.467. The van der Waals surface area contributed by atoms with E-state index < -0.39 is 5.82 Å². The van der Waals surface area contributed by atoms with Crippen molar-refractivity contribution in [2.75, 3.05) is 5.32 Å². The Morgan fingerprint density at radius 3 is 2.52 bits per heavy atom. The molecule has 0 saturated heterocycles. The third-order valence-electron chi connectivity index (χ3n) is 3.27. The first kappa shape index (κ1) is 16.9. The van der Waals surface area contributed by atoms with E-state index in [9.17, 15) is 9.18 Å². The van der Waals surface area contributed by atoms with Crippen molar-refractivity contribution < 1.29 is 14.4 Å². The Hall–Kier alpha value is -2.11. The third kappa shape index (κ3) is 4.73. The molecule has 0 fully saturated rings. The first-order chi connectivity index (χ1) is 10.0. The molecule has 5 nitrogen and oxygen atoms in total. The van der Waals surface area contributed by atoms with Crippen LogP contribution >= 0.6 is 0 Å². The number of hydrogen-bond acceptors (Lipinski definition) is 3. The molecule has 0 atom stereocenters. The van der Waals surface area contributed by atoms with E-state index in [2.05, 4.69) is 10.5 Å². The summed E-state index contributed by atoms with van der Waals surface area (Å²) in [6, 6.07) is 3.76. The molecule has 1 rings (SSSR count). The van der Waals surface area contributed by atoms with Crippen LogP contribution in [-0.4, -0.2) is 17.0 Å². The Labute approximate surface area is 124 Å². The zero-order valence-corrected chi connectivity index (χ0v) is 12.4. The third-order valence-corrected chi connectivity index (χ3v) is 3.27. The number of benzene rings is 1. The fourth-order valence-electron chi connectivity index (χ4n) is 2.23. The lowest BCUT2D eigenvalue weighted by atomic mass is 9.97. The summed E-state index contributed by atoms with van der Waals surface area (Å²) in [4.78, 5) is 12.3. The molecule has 1 aromatic rings. The van der Waals surface area contributed by atoms with Gasteiger partial charge in [-0.15, -0.1) is 0 Å². The Balaban J connectivity index is 2.98. The topological polar surface area (TPSA) is 87.7 Å². The molecule has 1 aromatic carbocycles. The van der Waals surface area contributed by atoms with Crippen LogP contribution in [-0.2, 0) is 4.79 Å². The Kier molecular flexibility index (Phi) is 6.65. The summed E-state index contributed by atoms with van der Waals surface area (Å²) in [5, 5.41) is 14.4. The van der Waals surface area contributed by atoms with Gasteiger partial charge >= 0.3 is 0 Å². The van der Waals surface area contributed by atoms with Crippen molar-refractivity contribution in [2.45, 2.75) is 39.5 Å². The number of nitrogens with zero attached hydrogens (tertiary/aromatic N) is 1. The SMILES string of the molecule is CCCC(CCC)C(=O)Nc1ccc(F)cc1/C(N)=N/O. The molecule has 6 heteroatoms. The highest BCUT2D eigenvalue weighted by molar-refractivity contribution is 6.05. The van der Waals surface area contributed by atoms with Gasteiger partial charge in [-0.2, -0.15) is 0 Å². The number of rotatable bonds is 7. The molecule has 0 radical (unpaired) electrons. The van der Waals surface area contributed by atoms with Gasteiger partial charge in [-0.05, 0) is 31.0 Å².